The van der Waals surface area contributed by atoms with Gasteiger partial charge in [-0.05, 0) is 11.5 Å². The molecule has 0 spiro atoms. The zero-order valence-corrected chi connectivity index (χ0v) is 10.6. The Balaban J connectivity index is 2.65. The third-order valence-electron chi connectivity index (χ3n) is 2.21. The average Bonchev–Trinajstić information content (AvgIpc) is 2.25. The quantitative estimate of drug-likeness (QED) is 0.832. The van der Waals surface area contributed by atoms with Crippen molar-refractivity contribution in [2.75, 3.05) is 0 Å². The fraction of sp³-hybridized carbons (Fsp3) is 0. The van der Waals surface area contributed by atoms with Gasteiger partial charge in [-0.25, -0.2) is 4.57 Å². The van der Waals surface area contributed by atoms with Crippen LogP contribution in [0.15, 0.2) is 47.4 Å². The summed E-state index contributed by atoms with van der Waals surface area (Å²) in [7, 11) is -9.63. The van der Waals surface area contributed by atoms with E-state index in [1.165, 1.54) is 18.2 Å². The minimum absolute atomic E-state index is 0.274. The van der Waals surface area contributed by atoms with E-state index in [0.29, 0.717) is 10.8 Å². The summed E-state index contributed by atoms with van der Waals surface area (Å²) in [5.41, 5.74) is 0. The molecule has 0 heterocycles. The maximum Gasteiger partial charge on any atom is 0.484 e. The number of hydrogen-bond donors (Lipinski definition) is 2. The van der Waals surface area contributed by atoms with E-state index in [1.54, 1.807) is 24.3 Å². The number of fused-ring (bicyclic) bond motifs is 1. The zero-order chi connectivity index (χ0) is 13.4. The van der Waals surface area contributed by atoms with E-state index in [-0.39, 0.29) is 4.90 Å². The van der Waals surface area contributed by atoms with Gasteiger partial charge in [0, 0.05) is 5.39 Å². The fourth-order valence-electron chi connectivity index (χ4n) is 1.58. The van der Waals surface area contributed by atoms with Crippen LogP contribution in [0.2, 0.25) is 0 Å². The van der Waals surface area contributed by atoms with Gasteiger partial charge in [-0.2, -0.15) is 12.4 Å². The first kappa shape index (κ1) is 13.2. The highest BCUT2D eigenvalue weighted by atomic mass is 32.2. The first-order chi connectivity index (χ1) is 8.30. The highest BCUT2D eigenvalue weighted by molar-refractivity contribution is 7.90. The van der Waals surface area contributed by atoms with Crippen molar-refractivity contribution in [3.05, 3.63) is 42.5 Å². The van der Waals surface area contributed by atoms with E-state index >= 15 is 0 Å². The number of benzene rings is 2. The first-order valence-corrected chi connectivity index (χ1v) is 7.73. The van der Waals surface area contributed by atoms with Gasteiger partial charge in [0.2, 0.25) is 0 Å². The van der Waals surface area contributed by atoms with Crippen LogP contribution < -0.4 is 0 Å². The van der Waals surface area contributed by atoms with E-state index in [4.69, 9.17) is 9.79 Å². The highest BCUT2D eigenvalue weighted by Gasteiger charge is 2.28. The van der Waals surface area contributed by atoms with Crippen molar-refractivity contribution in [2.24, 2.45) is 0 Å². The molecule has 0 aliphatic heterocycles. The zero-order valence-electron chi connectivity index (χ0n) is 8.92. The standard InChI is InChI=1S/C10H9O6PS/c11-17(12,13)16-18(14,15)10-7-3-5-8-4-1-2-6-9(8)10/h1-7H,(H2,11,12,13). The molecule has 0 radical (unpaired) electrons. The number of hydrogen-bond acceptors (Lipinski definition) is 4. The monoisotopic (exact) mass is 288 g/mol. The van der Waals surface area contributed by atoms with Gasteiger partial charge in [-0.3, -0.25) is 0 Å². The smallest absolute Gasteiger partial charge is 0.302 e. The largest absolute Gasteiger partial charge is 0.484 e. The third-order valence-corrected chi connectivity index (χ3v) is 4.67. The molecular formula is C10H9O6PS. The minimum atomic E-state index is -5.12. The summed E-state index contributed by atoms with van der Waals surface area (Å²) in [6, 6.07) is 11.0. The first-order valence-electron chi connectivity index (χ1n) is 4.79. The van der Waals surface area contributed by atoms with E-state index in [0.717, 1.165) is 0 Å². The van der Waals surface area contributed by atoms with Crippen LogP contribution >= 0.6 is 7.82 Å². The fourth-order valence-corrected chi connectivity index (χ4v) is 3.63. The summed E-state index contributed by atoms with van der Waals surface area (Å²) in [4.78, 5) is 16.9. The number of phosphoric acid groups is 1. The Hall–Kier alpha value is -1.24. The predicted octanol–water partition coefficient (Wildman–Crippen LogP) is 1.64. The van der Waals surface area contributed by atoms with Crippen LogP contribution in [0.1, 0.15) is 0 Å². The molecule has 0 aliphatic carbocycles. The summed E-state index contributed by atoms with van der Waals surface area (Å²) in [5.74, 6) is 0. The molecule has 8 heteroatoms. The molecule has 0 atom stereocenters. The second-order valence-corrected chi connectivity index (χ2v) is 6.42. The predicted molar refractivity (Wildman–Crippen MR) is 64.3 cm³/mol. The van der Waals surface area contributed by atoms with Crippen molar-refractivity contribution in [3.63, 3.8) is 0 Å². The van der Waals surface area contributed by atoms with Crippen molar-refractivity contribution in [2.45, 2.75) is 4.90 Å². The molecule has 0 saturated carbocycles. The summed E-state index contributed by atoms with van der Waals surface area (Å²) >= 11 is 0. The molecule has 0 aromatic heterocycles. The third kappa shape index (κ3) is 2.77. The molecule has 2 aromatic rings. The van der Waals surface area contributed by atoms with E-state index < -0.39 is 17.9 Å². The lowest BCUT2D eigenvalue weighted by Gasteiger charge is -2.08. The lowest BCUT2D eigenvalue weighted by Crippen LogP contribution is -2.05. The molecule has 2 rings (SSSR count). The van der Waals surface area contributed by atoms with Crippen LogP contribution in [0.3, 0.4) is 0 Å². The Labute approximate surface area is 103 Å². The average molecular weight is 288 g/mol. The molecule has 18 heavy (non-hydrogen) atoms. The van der Waals surface area contributed by atoms with Crippen molar-refractivity contribution < 1.29 is 26.7 Å². The van der Waals surface area contributed by atoms with E-state index in [9.17, 15) is 13.0 Å². The van der Waals surface area contributed by atoms with Crippen LogP contribution in [-0.2, 0) is 18.7 Å². The van der Waals surface area contributed by atoms with Gasteiger partial charge >= 0.3 is 17.9 Å². The van der Waals surface area contributed by atoms with Crippen LogP contribution in [0.4, 0.5) is 0 Å². The molecule has 0 aliphatic rings. The van der Waals surface area contributed by atoms with Gasteiger partial charge in [-0.15, -0.1) is 0 Å². The molecule has 6 nitrogen and oxygen atoms in total. The Bertz CT molecular complexity index is 728. The van der Waals surface area contributed by atoms with E-state index in [1.807, 2.05) is 0 Å². The van der Waals surface area contributed by atoms with Gasteiger partial charge in [0.15, 0.2) is 0 Å². The van der Waals surface area contributed by atoms with Gasteiger partial charge in [0.25, 0.3) is 0 Å². The van der Waals surface area contributed by atoms with Gasteiger partial charge in [0.05, 0.1) is 0 Å². The molecule has 2 aromatic carbocycles. The van der Waals surface area contributed by atoms with Crippen LogP contribution in [-0.4, -0.2) is 18.2 Å². The van der Waals surface area contributed by atoms with Crippen LogP contribution in [0.25, 0.3) is 10.8 Å². The van der Waals surface area contributed by atoms with Crippen LogP contribution in [0, 0.1) is 0 Å². The lowest BCUT2D eigenvalue weighted by molar-refractivity contribution is 0.285. The molecule has 96 valence electrons. The second kappa shape index (κ2) is 4.46. The number of rotatable bonds is 3. The Morgan fingerprint density at radius 2 is 1.61 bits per heavy atom. The molecule has 2 N–H and O–H groups in total. The Morgan fingerprint density at radius 3 is 2.28 bits per heavy atom. The van der Waals surface area contributed by atoms with Crippen molar-refractivity contribution >= 4 is 28.7 Å². The summed E-state index contributed by atoms with van der Waals surface area (Å²) in [6.07, 6.45) is 0. The molecule has 0 amide bonds. The maximum absolute atomic E-state index is 11.7. The van der Waals surface area contributed by atoms with Crippen LogP contribution in [0.5, 0.6) is 0 Å². The SMILES string of the molecule is O=P(O)(O)OS(=O)(=O)c1cccc2ccccc12. The summed E-state index contributed by atoms with van der Waals surface area (Å²) < 4.78 is 38.0. The topological polar surface area (TPSA) is 101 Å². The Kier molecular flexibility index (Phi) is 3.27. The summed E-state index contributed by atoms with van der Waals surface area (Å²) in [6.45, 7) is 0. The van der Waals surface area contributed by atoms with Gasteiger partial charge in [0.1, 0.15) is 4.90 Å². The van der Waals surface area contributed by atoms with Gasteiger partial charge < -0.3 is 9.79 Å². The van der Waals surface area contributed by atoms with Crippen molar-refractivity contribution in [1.29, 1.82) is 0 Å². The van der Waals surface area contributed by atoms with E-state index in [2.05, 4.69) is 3.97 Å². The molecule has 0 saturated heterocycles. The highest BCUT2D eigenvalue weighted by Crippen LogP contribution is 2.41. The van der Waals surface area contributed by atoms with Crippen molar-refractivity contribution in [1.82, 2.24) is 0 Å². The summed E-state index contributed by atoms with van der Waals surface area (Å²) in [5, 5.41) is 0.973. The van der Waals surface area contributed by atoms with Gasteiger partial charge in [-0.1, -0.05) is 36.4 Å². The normalized spacial score (nSPS) is 12.8. The van der Waals surface area contributed by atoms with Crippen molar-refractivity contribution in [3.8, 4) is 0 Å². The lowest BCUT2D eigenvalue weighted by atomic mass is 10.1. The maximum atomic E-state index is 11.7. The minimum Gasteiger partial charge on any atom is -0.302 e. The Morgan fingerprint density at radius 1 is 1.00 bits per heavy atom. The molecule has 0 fully saturated rings. The second-order valence-electron chi connectivity index (χ2n) is 3.50. The molecule has 0 unspecified atom stereocenters. The molecule has 0 bridgehead atoms. The molecular weight excluding hydrogens is 279 g/mol.